The van der Waals surface area contributed by atoms with Crippen molar-refractivity contribution in [3.8, 4) is 5.75 Å². The lowest BCUT2D eigenvalue weighted by Crippen LogP contribution is -2.59. The van der Waals surface area contributed by atoms with Crippen molar-refractivity contribution in [3.05, 3.63) is 47.7 Å². The molecule has 0 radical (unpaired) electrons. The van der Waals surface area contributed by atoms with Crippen molar-refractivity contribution in [1.82, 2.24) is 25.0 Å². The number of benzene rings is 1. The first-order chi connectivity index (χ1) is 19.8. The van der Waals surface area contributed by atoms with Crippen LogP contribution in [0.4, 0.5) is 0 Å². The summed E-state index contributed by atoms with van der Waals surface area (Å²) in [5.41, 5.74) is 0.143. The van der Waals surface area contributed by atoms with E-state index in [1.807, 2.05) is 39.5 Å². The highest BCUT2D eigenvalue weighted by Crippen LogP contribution is 2.26. The van der Waals surface area contributed by atoms with E-state index < -0.39 is 18.0 Å². The third-order valence-corrected chi connectivity index (χ3v) is 8.02. The summed E-state index contributed by atoms with van der Waals surface area (Å²) in [6.45, 7) is 15.1. The number of nitrogens with zero attached hydrogens (tertiary/aromatic N) is 4. The Hall–Kier alpha value is -3.40. The molecule has 0 aliphatic carbocycles. The van der Waals surface area contributed by atoms with E-state index in [-0.39, 0.29) is 35.8 Å². The third-order valence-electron chi connectivity index (χ3n) is 8.02. The highest BCUT2D eigenvalue weighted by molar-refractivity contribution is 6.00. The number of likely N-dealkylation sites (tertiary alicyclic amines) is 1. The maximum absolute atomic E-state index is 13.9. The number of ether oxygens (including phenoxy) is 1. The molecule has 1 N–H and O–H groups in total. The average Bonchev–Trinajstić information content (AvgIpc) is 3.61. The van der Waals surface area contributed by atoms with Crippen LogP contribution in [0.15, 0.2) is 34.9 Å². The lowest BCUT2D eigenvalue weighted by molar-refractivity contribution is -0.147. The van der Waals surface area contributed by atoms with Gasteiger partial charge in [-0.3, -0.25) is 14.4 Å². The topological polar surface area (TPSA) is 108 Å². The first kappa shape index (κ1) is 31.5. The van der Waals surface area contributed by atoms with Crippen molar-refractivity contribution in [2.75, 3.05) is 33.2 Å². The second-order valence-electron chi connectivity index (χ2n) is 13.1. The van der Waals surface area contributed by atoms with Gasteiger partial charge in [0, 0.05) is 37.6 Å². The summed E-state index contributed by atoms with van der Waals surface area (Å²) in [6, 6.07) is 5.78. The van der Waals surface area contributed by atoms with Crippen molar-refractivity contribution >= 4 is 17.7 Å². The first-order valence-corrected chi connectivity index (χ1v) is 15.1. The zero-order valence-corrected chi connectivity index (χ0v) is 26.2. The molecule has 2 aromatic rings. The Kier molecular flexibility index (Phi) is 9.97. The zero-order chi connectivity index (χ0) is 30.6. The molecule has 10 nitrogen and oxygen atoms in total. The number of rotatable bonds is 9. The van der Waals surface area contributed by atoms with E-state index in [0.29, 0.717) is 43.1 Å². The summed E-state index contributed by atoms with van der Waals surface area (Å²) in [7, 11) is 2.06. The smallest absolute Gasteiger partial charge is 0.255 e. The molecule has 3 heterocycles. The molecule has 3 atom stereocenters. The molecular formula is C32H47N5O5. The van der Waals surface area contributed by atoms with Gasteiger partial charge in [0.15, 0.2) is 6.61 Å². The number of hydrogen-bond donors (Lipinski definition) is 1. The molecule has 0 saturated carbocycles. The van der Waals surface area contributed by atoms with Gasteiger partial charge >= 0.3 is 0 Å². The Morgan fingerprint density at radius 2 is 1.86 bits per heavy atom. The molecule has 2 aliphatic heterocycles. The number of hydrogen-bond acceptors (Lipinski definition) is 7. The minimum absolute atomic E-state index is 0.0102. The molecule has 1 aromatic carbocycles. The second-order valence-corrected chi connectivity index (χ2v) is 13.1. The monoisotopic (exact) mass is 581 g/mol. The van der Waals surface area contributed by atoms with Crippen LogP contribution in [0.2, 0.25) is 0 Å². The SMILES string of the molecule is CC(C)C[C@@H](NC(=O)c1ccccc1OCc1ncc(C(C)(C)C)o1)C(=O)N1CCC[C@@H]1C(=O)N1CCN(C)C[C@@H]1C. The maximum Gasteiger partial charge on any atom is 0.255 e. The van der Waals surface area contributed by atoms with Gasteiger partial charge in [-0.25, -0.2) is 4.98 Å². The summed E-state index contributed by atoms with van der Waals surface area (Å²) < 4.78 is 11.8. The van der Waals surface area contributed by atoms with Gasteiger partial charge in [-0.2, -0.15) is 0 Å². The molecule has 42 heavy (non-hydrogen) atoms. The van der Waals surface area contributed by atoms with E-state index in [2.05, 4.69) is 29.2 Å². The Labute approximate surface area is 249 Å². The van der Waals surface area contributed by atoms with Crippen molar-refractivity contribution in [2.24, 2.45) is 5.92 Å². The van der Waals surface area contributed by atoms with Gasteiger partial charge in [-0.05, 0) is 51.3 Å². The van der Waals surface area contributed by atoms with Crippen molar-refractivity contribution in [2.45, 2.75) is 91.0 Å². The molecule has 0 spiro atoms. The molecule has 3 amide bonds. The van der Waals surface area contributed by atoms with E-state index in [1.165, 1.54) is 0 Å². The van der Waals surface area contributed by atoms with Crippen LogP contribution in [0.3, 0.4) is 0 Å². The van der Waals surface area contributed by atoms with Crippen LogP contribution in [-0.2, 0) is 21.6 Å². The predicted octanol–water partition coefficient (Wildman–Crippen LogP) is 3.85. The molecule has 10 heteroatoms. The molecule has 2 fully saturated rings. The number of para-hydroxylation sites is 1. The number of carbonyl (C=O) groups excluding carboxylic acids is 3. The minimum atomic E-state index is -0.759. The Morgan fingerprint density at radius 1 is 1.12 bits per heavy atom. The van der Waals surface area contributed by atoms with Crippen LogP contribution in [0.1, 0.15) is 82.8 Å². The maximum atomic E-state index is 13.9. The van der Waals surface area contributed by atoms with Crippen molar-refractivity contribution in [3.63, 3.8) is 0 Å². The Balaban J connectivity index is 1.46. The fourth-order valence-electron chi connectivity index (χ4n) is 5.72. The first-order valence-electron chi connectivity index (χ1n) is 15.1. The molecule has 0 bridgehead atoms. The summed E-state index contributed by atoms with van der Waals surface area (Å²) in [5, 5.41) is 2.98. The third kappa shape index (κ3) is 7.51. The van der Waals surface area contributed by atoms with Gasteiger partial charge < -0.3 is 29.2 Å². The summed E-state index contributed by atoms with van der Waals surface area (Å²) >= 11 is 0. The Bertz CT molecular complexity index is 1250. The van der Waals surface area contributed by atoms with E-state index in [4.69, 9.17) is 9.15 Å². The Morgan fingerprint density at radius 3 is 2.52 bits per heavy atom. The van der Waals surface area contributed by atoms with Crippen LogP contribution in [0.5, 0.6) is 5.75 Å². The van der Waals surface area contributed by atoms with Crippen molar-refractivity contribution < 1.29 is 23.5 Å². The van der Waals surface area contributed by atoms with E-state index >= 15 is 0 Å². The molecule has 0 unspecified atom stereocenters. The van der Waals surface area contributed by atoms with Crippen molar-refractivity contribution in [1.29, 1.82) is 0 Å². The van der Waals surface area contributed by atoms with Crippen LogP contribution >= 0.6 is 0 Å². The van der Waals surface area contributed by atoms with Gasteiger partial charge in [0.2, 0.25) is 17.7 Å². The van der Waals surface area contributed by atoms with E-state index in [9.17, 15) is 14.4 Å². The molecule has 2 saturated heterocycles. The highest BCUT2D eigenvalue weighted by Gasteiger charge is 2.41. The number of carbonyl (C=O) groups is 3. The normalized spacial score (nSPS) is 20.6. The standard InChI is InChI=1S/C32H47N5O5/c1-21(2)17-24(30(39)37-14-10-12-25(37)31(40)36-16-15-35(7)19-22(36)3)34-29(38)23-11-8-9-13-26(23)41-20-28-33-18-27(42-28)32(4,5)6/h8-9,11,13,18,21-22,24-25H,10,12,14-17,19-20H2,1-7H3,(H,34,38)/t22-,24+,25+/m0/s1. The number of aromatic nitrogens is 1. The van der Waals surface area contributed by atoms with Crippen LogP contribution < -0.4 is 10.1 Å². The highest BCUT2D eigenvalue weighted by atomic mass is 16.5. The summed E-state index contributed by atoms with van der Waals surface area (Å²) in [6.07, 6.45) is 3.56. The number of likely N-dealkylation sites (N-methyl/N-ethyl adjacent to an activating group) is 1. The fraction of sp³-hybridized carbons (Fsp3) is 0.625. The molecule has 2 aliphatic rings. The molecule has 1 aromatic heterocycles. The minimum Gasteiger partial charge on any atom is -0.483 e. The number of amides is 3. The summed E-state index contributed by atoms with van der Waals surface area (Å²) in [4.78, 5) is 51.3. The molecular weight excluding hydrogens is 534 g/mol. The lowest BCUT2D eigenvalue weighted by atomic mass is 9.94. The van der Waals surface area contributed by atoms with E-state index in [1.54, 1.807) is 35.4 Å². The lowest BCUT2D eigenvalue weighted by Gasteiger charge is -2.41. The fourth-order valence-corrected chi connectivity index (χ4v) is 5.72. The molecule has 4 rings (SSSR count). The van der Waals surface area contributed by atoms with Gasteiger partial charge in [0.1, 0.15) is 23.6 Å². The van der Waals surface area contributed by atoms with Crippen LogP contribution in [0.25, 0.3) is 0 Å². The second kappa shape index (κ2) is 13.3. The van der Waals surface area contributed by atoms with Crippen LogP contribution in [0, 0.1) is 5.92 Å². The average molecular weight is 582 g/mol. The van der Waals surface area contributed by atoms with Gasteiger partial charge in [-0.15, -0.1) is 0 Å². The summed E-state index contributed by atoms with van der Waals surface area (Å²) in [5.74, 6) is 1.10. The van der Waals surface area contributed by atoms with Gasteiger partial charge in [0.05, 0.1) is 11.8 Å². The number of nitrogens with one attached hydrogen (secondary N) is 1. The number of oxazole rings is 1. The largest absolute Gasteiger partial charge is 0.483 e. The van der Waals surface area contributed by atoms with Gasteiger partial charge in [0.25, 0.3) is 5.91 Å². The quantitative estimate of drug-likeness (QED) is 0.479. The van der Waals surface area contributed by atoms with Gasteiger partial charge in [-0.1, -0.05) is 46.8 Å². The number of piperazine rings is 1. The van der Waals surface area contributed by atoms with Crippen LogP contribution in [-0.4, -0.2) is 88.8 Å². The zero-order valence-electron chi connectivity index (χ0n) is 26.2. The van der Waals surface area contributed by atoms with E-state index in [0.717, 1.165) is 25.3 Å². The predicted molar refractivity (Wildman–Crippen MR) is 160 cm³/mol. The molecule has 230 valence electrons.